The standard InChI is InChI=1S/C14H15Cl2N3O2S/c15-11-2-1-3-12(14(11)16)22(20,21)18-8-10-4-5-13-17-6-7-19(13)9-10/h1-3,6-7,10,18H,4-5,8-9H2. The van der Waals surface area contributed by atoms with Crippen molar-refractivity contribution in [3.8, 4) is 0 Å². The normalized spacial score (nSPS) is 18.2. The lowest BCUT2D eigenvalue weighted by Crippen LogP contribution is -2.33. The van der Waals surface area contributed by atoms with E-state index in [2.05, 4.69) is 14.3 Å². The molecule has 1 aromatic heterocycles. The van der Waals surface area contributed by atoms with E-state index in [1.807, 2.05) is 6.20 Å². The summed E-state index contributed by atoms with van der Waals surface area (Å²) in [5, 5.41) is 0.280. The van der Waals surface area contributed by atoms with E-state index in [1.54, 1.807) is 18.3 Å². The van der Waals surface area contributed by atoms with Crippen LogP contribution >= 0.6 is 23.2 Å². The minimum atomic E-state index is -3.67. The van der Waals surface area contributed by atoms with Gasteiger partial charge < -0.3 is 4.57 Å². The molecule has 0 bridgehead atoms. The quantitative estimate of drug-likeness (QED) is 0.912. The molecule has 0 saturated carbocycles. The van der Waals surface area contributed by atoms with Crippen LogP contribution in [0.3, 0.4) is 0 Å². The zero-order valence-electron chi connectivity index (χ0n) is 11.7. The van der Waals surface area contributed by atoms with Crippen molar-refractivity contribution in [2.45, 2.75) is 24.3 Å². The predicted octanol–water partition coefficient (Wildman–Crippen LogP) is 2.73. The maximum absolute atomic E-state index is 12.4. The molecule has 1 unspecified atom stereocenters. The molecule has 0 saturated heterocycles. The van der Waals surface area contributed by atoms with Gasteiger partial charge in [-0.05, 0) is 24.5 Å². The van der Waals surface area contributed by atoms with Crippen molar-refractivity contribution in [3.63, 3.8) is 0 Å². The molecule has 2 aromatic rings. The molecule has 5 nitrogen and oxygen atoms in total. The van der Waals surface area contributed by atoms with Gasteiger partial charge >= 0.3 is 0 Å². The molecule has 0 spiro atoms. The van der Waals surface area contributed by atoms with Crippen molar-refractivity contribution in [2.75, 3.05) is 6.54 Å². The monoisotopic (exact) mass is 359 g/mol. The molecule has 0 fully saturated rings. The second-order valence-electron chi connectivity index (χ2n) is 5.30. The van der Waals surface area contributed by atoms with Crippen LogP contribution in [0.4, 0.5) is 0 Å². The van der Waals surface area contributed by atoms with Gasteiger partial charge in [0, 0.05) is 31.9 Å². The SMILES string of the molecule is O=S(=O)(NCC1CCc2nccn2C1)c1cccc(Cl)c1Cl. The summed E-state index contributed by atoms with van der Waals surface area (Å²) < 4.78 is 29.4. The third-order valence-electron chi connectivity index (χ3n) is 3.80. The lowest BCUT2D eigenvalue weighted by atomic mass is 10.00. The first-order valence-corrected chi connectivity index (χ1v) is 9.15. The van der Waals surface area contributed by atoms with E-state index in [0.29, 0.717) is 6.54 Å². The Labute approximate surface area is 139 Å². The average Bonchev–Trinajstić information content (AvgIpc) is 2.95. The van der Waals surface area contributed by atoms with Crippen LogP contribution in [0.1, 0.15) is 12.2 Å². The van der Waals surface area contributed by atoms with E-state index >= 15 is 0 Å². The Hall–Kier alpha value is -1.08. The van der Waals surface area contributed by atoms with Crippen molar-refractivity contribution >= 4 is 33.2 Å². The van der Waals surface area contributed by atoms with Crippen LogP contribution in [-0.2, 0) is 23.0 Å². The van der Waals surface area contributed by atoms with Gasteiger partial charge in [-0.15, -0.1) is 0 Å². The van der Waals surface area contributed by atoms with Gasteiger partial charge in [-0.2, -0.15) is 0 Å². The lowest BCUT2D eigenvalue weighted by molar-refractivity contribution is 0.363. The second kappa shape index (κ2) is 6.20. The Bertz CT molecular complexity index is 789. The van der Waals surface area contributed by atoms with Gasteiger partial charge in [0.25, 0.3) is 0 Å². The predicted molar refractivity (Wildman–Crippen MR) is 85.7 cm³/mol. The Morgan fingerprint density at radius 3 is 3.00 bits per heavy atom. The van der Waals surface area contributed by atoms with Crippen LogP contribution in [-0.4, -0.2) is 24.5 Å². The molecule has 22 heavy (non-hydrogen) atoms. The summed E-state index contributed by atoms with van der Waals surface area (Å²) in [6, 6.07) is 4.58. The molecule has 1 aliphatic heterocycles. The highest BCUT2D eigenvalue weighted by molar-refractivity contribution is 7.89. The molecule has 3 rings (SSSR count). The second-order valence-corrected chi connectivity index (χ2v) is 7.82. The maximum Gasteiger partial charge on any atom is 0.242 e. The molecule has 1 aromatic carbocycles. The number of aryl methyl sites for hydroxylation is 1. The van der Waals surface area contributed by atoms with Crippen molar-refractivity contribution in [2.24, 2.45) is 5.92 Å². The Kier molecular flexibility index (Phi) is 4.45. The largest absolute Gasteiger partial charge is 0.335 e. The molecular formula is C14H15Cl2N3O2S. The van der Waals surface area contributed by atoms with E-state index < -0.39 is 10.0 Å². The van der Waals surface area contributed by atoms with Gasteiger partial charge in [-0.25, -0.2) is 18.1 Å². The van der Waals surface area contributed by atoms with E-state index in [-0.39, 0.29) is 20.9 Å². The smallest absolute Gasteiger partial charge is 0.242 e. The highest BCUT2D eigenvalue weighted by Crippen LogP contribution is 2.29. The van der Waals surface area contributed by atoms with Crippen LogP contribution in [0.25, 0.3) is 0 Å². The third-order valence-corrected chi connectivity index (χ3v) is 6.20. The summed E-state index contributed by atoms with van der Waals surface area (Å²) in [4.78, 5) is 4.28. The van der Waals surface area contributed by atoms with Crippen LogP contribution in [0.15, 0.2) is 35.5 Å². The molecule has 2 heterocycles. The Morgan fingerprint density at radius 1 is 1.36 bits per heavy atom. The summed E-state index contributed by atoms with van der Waals surface area (Å²) >= 11 is 11.9. The van der Waals surface area contributed by atoms with Crippen molar-refractivity contribution < 1.29 is 8.42 Å². The number of fused-ring (bicyclic) bond motifs is 1. The number of hydrogen-bond donors (Lipinski definition) is 1. The molecule has 0 radical (unpaired) electrons. The molecular weight excluding hydrogens is 345 g/mol. The zero-order chi connectivity index (χ0) is 15.7. The highest BCUT2D eigenvalue weighted by atomic mass is 35.5. The summed E-state index contributed by atoms with van der Waals surface area (Å²) in [6.45, 7) is 1.13. The number of halogens is 2. The third kappa shape index (κ3) is 3.15. The number of imidazole rings is 1. The van der Waals surface area contributed by atoms with Crippen LogP contribution in [0.2, 0.25) is 10.0 Å². The topological polar surface area (TPSA) is 64.0 Å². The van der Waals surface area contributed by atoms with Gasteiger partial charge in [0.05, 0.1) is 10.0 Å². The minimum Gasteiger partial charge on any atom is -0.335 e. The number of rotatable bonds is 4. The number of sulfonamides is 1. The van der Waals surface area contributed by atoms with E-state index in [0.717, 1.165) is 25.2 Å². The van der Waals surface area contributed by atoms with Crippen molar-refractivity contribution in [3.05, 3.63) is 46.5 Å². The van der Waals surface area contributed by atoms with Crippen molar-refractivity contribution in [1.82, 2.24) is 14.3 Å². The molecule has 1 N–H and O–H groups in total. The summed E-state index contributed by atoms with van der Waals surface area (Å²) in [6.07, 6.45) is 5.46. The van der Waals surface area contributed by atoms with Gasteiger partial charge in [0.2, 0.25) is 10.0 Å². The van der Waals surface area contributed by atoms with Gasteiger partial charge in [0.15, 0.2) is 0 Å². The number of hydrogen-bond acceptors (Lipinski definition) is 3. The Morgan fingerprint density at radius 2 is 2.18 bits per heavy atom. The lowest BCUT2D eigenvalue weighted by Gasteiger charge is -2.24. The number of nitrogens with one attached hydrogen (secondary N) is 1. The fraction of sp³-hybridized carbons (Fsp3) is 0.357. The first-order chi connectivity index (χ1) is 10.5. The van der Waals surface area contributed by atoms with Crippen molar-refractivity contribution in [1.29, 1.82) is 0 Å². The summed E-state index contributed by atoms with van der Waals surface area (Å²) in [7, 11) is -3.67. The zero-order valence-corrected chi connectivity index (χ0v) is 14.0. The fourth-order valence-electron chi connectivity index (χ4n) is 2.60. The number of benzene rings is 1. The fourth-order valence-corrected chi connectivity index (χ4v) is 4.48. The minimum absolute atomic E-state index is 0.0146. The first-order valence-electron chi connectivity index (χ1n) is 6.91. The summed E-state index contributed by atoms with van der Waals surface area (Å²) in [5.74, 6) is 1.28. The van der Waals surface area contributed by atoms with Crippen LogP contribution in [0, 0.1) is 5.92 Å². The molecule has 1 aliphatic rings. The molecule has 118 valence electrons. The van der Waals surface area contributed by atoms with E-state index in [1.165, 1.54) is 6.07 Å². The highest BCUT2D eigenvalue weighted by Gasteiger charge is 2.23. The van der Waals surface area contributed by atoms with Gasteiger partial charge in [0.1, 0.15) is 10.7 Å². The van der Waals surface area contributed by atoms with Gasteiger partial charge in [-0.1, -0.05) is 29.3 Å². The summed E-state index contributed by atoms with van der Waals surface area (Å²) in [5.41, 5.74) is 0. The molecule has 8 heteroatoms. The van der Waals surface area contributed by atoms with Gasteiger partial charge in [-0.3, -0.25) is 0 Å². The molecule has 0 amide bonds. The maximum atomic E-state index is 12.4. The van der Waals surface area contributed by atoms with Crippen LogP contribution < -0.4 is 4.72 Å². The molecule has 1 atom stereocenters. The Balaban J connectivity index is 1.70. The number of aromatic nitrogens is 2. The number of nitrogens with zero attached hydrogens (tertiary/aromatic N) is 2. The first kappa shape index (κ1) is 15.8. The van der Waals surface area contributed by atoms with E-state index in [9.17, 15) is 8.42 Å². The average molecular weight is 360 g/mol. The molecule has 0 aliphatic carbocycles. The van der Waals surface area contributed by atoms with E-state index in [4.69, 9.17) is 23.2 Å². The van der Waals surface area contributed by atoms with Crippen LogP contribution in [0.5, 0.6) is 0 Å².